The van der Waals surface area contributed by atoms with Crippen molar-refractivity contribution in [3.05, 3.63) is 52.8 Å². The molecular weight excluding hydrogens is 329 g/mol. The lowest BCUT2D eigenvalue weighted by Gasteiger charge is -2.33. The normalized spacial score (nSPS) is 24.0. The predicted octanol–water partition coefficient (Wildman–Crippen LogP) is 3.67. The van der Waals surface area contributed by atoms with Gasteiger partial charge in [-0.15, -0.1) is 0 Å². The molecule has 1 fully saturated rings. The molecule has 0 spiro atoms. The van der Waals surface area contributed by atoms with Gasteiger partial charge >= 0.3 is 0 Å². The van der Waals surface area contributed by atoms with Crippen molar-refractivity contribution < 1.29 is 9.13 Å². The van der Waals surface area contributed by atoms with Gasteiger partial charge < -0.3 is 20.3 Å². The van der Waals surface area contributed by atoms with E-state index in [1.54, 1.807) is 13.0 Å². The molecule has 2 atom stereocenters. The number of fused-ring (bicyclic) bond motifs is 3. The number of anilines is 3. The lowest BCUT2D eigenvalue weighted by atomic mass is 9.89. The molecule has 3 heterocycles. The fourth-order valence-corrected chi connectivity index (χ4v) is 4.75. The monoisotopic (exact) mass is 353 g/mol. The average Bonchev–Trinajstić information content (AvgIpc) is 2.81. The van der Waals surface area contributed by atoms with Gasteiger partial charge in [0.2, 0.25) is 0 Å². The number of hydrogen-bond donors (Lipinski definition) is 2. The van der Waals surface area contributed by atoms with Crippen molar-refractivity contribution in [2.45, 2.75) is 31.9 Å². The van der Waals surface area contributed by atoms with E-state index in [1.807, 2.05) is 6.07 Å². The van der Waals surface area contributed by atoms with Gasteiger partial charge in [0.05, 0.1) is 13.2 Å². The van der Waals surface area contributed by atoms with Gasteiger partial charge in [0.15, 0.2) is 0 Å². The zero-order valence-corrected chi connectivity index (χ0v) is 15.0. The van der Waals surface area contributed by atoms with Crippen LogP contribution in [-0.4, -0.2) is 32.3 Å². The topological polar surface area (TPSA) is 36.5 Å². The molecule has 0 saturated carbocycles. The first-order valence-corrected chi connectivity index (χ1v) is 9.46. The number of halogens is 1. The van der Waals surface area contributed by atoms with Crippen LogP contribution in [0.3, 0.4) is 0 Å². The lowest BCUT2D eigenvalue weighted by molar-refractivity contribution is 0.130. The summed E-state index contributed by atoms with van der Waals surface area (Å²) in [5, 5.41) is 7.03. The smallest absolute Gasteiger partial charge is 0.126 e. The highest BCUT2D eigenvalue weighted by molar-refractivity contribution is 5.74. The van der Waals surface area contributed by atoms with E-state index in [1.165, 1.54) is 29.3 Å². The van der Waals surface area contributed by atoms with E-state index >= 15 is 0 Å². The maximum Gasteiger partial charge on any atom is 0.126 e. The Labute approximate surface area is 153 Å². The second kappa shape index (κ2) is 6.25. The van der Waals surface area contributed by atoms with Crippen LogP contribution in [0.15, 0.2) is 30.3 Å². The van der Waals surface area contributed by atoms with Crippen LogP contribution in [0.1, 0.15) is 29.0 Å². The Morgan fingerprint density at radius 3 is 3.04 bits per heavy atom. The number of nitrogens with one attached hydrogen (secondary N) is 2. The summed E-state index contributed by atoms with van der Waals surface area (Å²) in [5.41, 5.74) is 6.70. The Morgan fingerprint density at radius 2 is 2.15 bits per heavy atom. The summed E-state index contributed by atoms with van der Waals surface area (Å²) in [7, 11) is 0. The number of rotatable bonds is 2. The van der Waals surface area contributed by atoms with Crippen molar-refractivity contribution in [2.24, 2.45) is 0 Å². The Balaban J connectivity index is 1.55. The number of ether oxygens (including phenoxy) is 1. The van der Waals surface area contributed by atoms with Crippen LogP contribution in [0.2, 0.25) is 0 Å². The van der Waals surface area contributed by atoms with E-state index in [0.717, 1.165) is 37.6 Å². The first-order chi connectivity index (χ1) is 12.7. The van der Waals surface area contributed by atoms with E-state index < -0.39 is 0 Å². The minimum absolute atomic E-state index is 0.170. The van der Waals surface area contributed by atoms with E-state index in [2.05, 4.69) is 27.7 Å². The molecule has 5 rings (SSSR count). The molecule has 2 N–H and O–H groups in total. The molecule has 0 amide bonds. The summed E-state index contributed by atoms with van der Waals surface area (Å²) in [5.74, 6) is 0.364. The van der Waals surface area contributed by atoms with Crippen LogP contribution in [0, 0.1) is 12.7 Å². The minimum atomic E-state index is -0.170. The van der Waals surface area contributed by atoms with Gasteiger partial charge in [-0.1, -0.05) is 0 Å². The fraction of sp³-hybridized carbons (Fsp3) is 0.429. The van der Waals surface area contributed by atoms with E-state index in [9.17, 15) is 4.39 Å². The lowest BCUT2D eigenvalue weighted by Crippen LogP contribution is -2.44. The summed E-state index contributed by atoms with van der Waals surface area (Å²) in [6, 6.07) is 10.2. The van der Waals surface area contributed by atoms with Crippen molar-refractivity contribution in [1.29, 1.82) is 0 Å². The molecule has 3 aliphatic heterocycles. The van der Waals surface area contributed by atoms with Gasteiger partial charge in [-0.05, 0) is 61.3 Å². The molecule has 0 bridgehead atoms. The van der Waals surface area contributed by atoms with Gasteiger partial charge in [-0.25, -0.2) is 4.39 Å². The first-order valence-electron chi connectivity index (χ1n) is 9.46. The van der Waals surface area contributed by atoms with Crippen molar-refractivity contribution in [3.63, 3.8) is 0 Å². The van der Waals surface area contributed by atoms with Crippen LogP contribution < -0.4 is 15.5 Å². The average molecular weight is 353 g/mol. The number of piperidine rings is 1. The Kier molecular flexibility index (Phi) is 3.87. The van der Waals surface area contributed by atoms with Crippen LogP contribution in [0.5, 0.6) is 0 Å². The van der Waals surface area contributed by atoms with Gasteiger partial charge in [0.25, 0.3) is 0 Å². The zero-order chi connectivity index (χ0) is 17.7. The molecule has 0 aliphatic carbocycles. The summed E-state index contributed by atoms with van der Waals surface area (Å²) in [6.07, 6.45) is 1.18. The Morgan fingerprint density at radius 1 is 1.23 bits per heavy atom. The van der Waals surface area contributed by atoms with Crippen LogP contribution in [-0.2, 0) is 11.3 Å². The molecule has 0 aromatic heterocycles. The largest absolute Gasteiger partial charge is 0.375 e. The molecule has 1 saturated heterocycles. The molecular formula is C21H24FN3O. The van der Waals surface area contributed by atoms with Crippen molar-refractivity contribution in [3.8, 4) is 0 Å². The molecule has 1 unspecified atom stereocenters. The predicted molar refractivity (Wildman–Crippen MR) is 102 cm³/mol. The fourth-order valence-electron chi connectivity index (χ4n) is 4.75. The van der Waals surface area contributed by atoms with Crippen LogP contribution in [0.4, 0.5) is 21.5 Å². The molecule has 136 valence electrons. The highest BCUT2D eigenvalue weighted by atomic mass is 19.1. The second-order valence-corrected chi connectivity index (χ2v) is 7.57. The quantitative estimate of drug-likeness (QED) is 0.864. The van der Waals surface area contributed by atoms with Gasteiger partial charge in [0, 0.05) is 47.7 Å². The van der Waals surface area contributed by atoms with Crippen LogP contribution >= 0.6 is 0 Å². The van der Waals surface area contributed by atoms with Crippen molar-refractivity contribution in [1.82, 2.24) is 5.32 Å². The number of aryl methyl sites for hydroxylation is 1. The molecule has 2 aromatic carbocycles. The van der Waals surface area contributed by atoms with Gasteiger partial charge in [0.1, 0.15) is 5.82 Å². The number of benzene rings is 2. The zero-order valence-electron chi connectivity index (χ0n) is 15.0. The molecule has 5 heteroatoms. The van der Waals surface area contributed by atoms with Crippen molar-refractivity contribution in [2.75, 3.05) is 36.5 Å². The van der Waals surface area contributed by atoms with Crippen molar-refractivity contribution >= 4 is 17.1 Å². The standard InChI is InChI=1S/C21H24FN3O/c1-13-8-15(2-3-19(13)22)24-16-9-14-12-26-7-6-25-20-4-5-23-11-18(20)17(10-16)21(14)25/h2-3,8-10,18,20,23-24H,4-7,11-12H2,1H3/t18?,20-/m0/s1. The summed E-state index contributed by atoms with van der Waals surface area (Å²) < 4.78 is 19.4. The molecule has 26 heavy (non-hydrogen) atoms. The molecule has 3 aliphatic rings. The maximum absolute atomic E-state index is 13.6. The highest BCUT2D eigenvalue weighted by Crippen LogP contribution is 2.47. The Hall–Kier alpha value is -2.11. The Bertz CT molecular complexity index is 853. The third-order valence-electron chi connectivity index (χ3n) is 5.93. The second-order valence-electron chi connectivity index (χ2n) is 7.57. The molecule has 2 aromatic rings. The highest BCUT2D eigenvalue weighted by Gasteiger charge is 2.41. The van der Waals surface area contributed by atoms with Gasteiger partial charge in [-0.2, -0.15) is 0 Å². The SMILES string of the molecule is Cc1cc(Nc2cc3c4c(c2)C2CNCC[C@@H]2N4CCOC3)ccc1F. The van der Waals surface area contributed by atoms with E-state index in [0.29, 0.717) is 24.1 Å². The van der Waals surface area contributed by atoms with E-state index in [-0.39, 0.29) is 5.82 Å². The first kappa shape index (κ1) is 16.1. The number of hydrogen-bond acceptors (Lipinski definition) is 4. The van der Waals surface area contributed by atoms with E-state index in [4.69, 9.17) is 4.74 Å². The summed E-state index contributed by atoms with van der Waals surface area (Å²) in [4.78, 5) is 2.58. The minimum Gasteiger partial charge on any atom is -0.375 e. The van der Waals surface area contributed by atoms with Crippen LogP contribution in [0.25, 0.3) is 0 Å². The summed E-state index contributed by atoms with van der Waals surface area (Å²) >= 11 is 0. The third kappa shape index (κ3) is 2.58. The maximum atomic E-state index is 13.6. The summed E-state index contributed by atoms with van der Waals surface area (Å²) in [6.45, 7) is 6.33. The molecule has 0 radical (unpaired) electrons. The molecule has 4 nitrogen and oxygen atoms in total. The number of nitrogens with zero attached hydrogens (tertiary/aromatic N) is 1. The van der Waals surface area contributed by atoms with Gasteiger partial charge in [-0.3, -0.25) is 0 Å². The third-order valence-corrected chi connectivity index (χ3v) is 5.93.